The van der Waals surface area contributed by atoms with Gasteiger partial charge in [0.25, 0.3) is 5.91 Å². The number of anilines is 2. The molecule has 2 amide bonds. The predicted octanol–water partition coefficient (Wildman–Crippen LogP) is 5.73. The molecule has 0 aliphatic carbocycles. The van der Waals surface area contributed by atoms with Gasteiger partial charge in [0.1, 0.15) is 0 Å². The quantitative estimate of drug-likeness (QED) is 0.471. The van der Waals surface area contributed by atoms with Crippen LogP contribution in [0.3, 0.4) is 0 Å². The largest absolute Gasteiger partial charge is 0.368 e. The number of nitrogens with zero attached hydrogens (tertiary/aromatic N) is 2. The fourth-order valence-electron chi connectivity index (χ4n) is 4.25. The molecule has 5 nitrogen and oxygen atoms in total. The van der Waals surface area contributed by atoms with Gasteiger partial charge in [0.2, 0.25) is 5.91 Å². The molecule has 3 aromatic rings. The number of aryl methyl sites for hydroxylation is 1. The smallest absolute Gasteiger partial charge is 0.254 e. The van der Waals surface area contributed by atoms with Gasteiger partial charge in [-0.25, -0.2) is 0 Å². The van der Waals surface area contributed by atoms with Crippen LogP contribution in [-0.4, -0.2) is 42.9 Å². The molecule has 0 aromatic heterocycles. The number of benzene rings is 3. The van der Waals surface area contributed by atoms with E-state index < -0.39 is 0 Å². The van der Waals surface area contributed by atoms with Crippen LogP contribution in [-0.2, 0) is 4.79 Å². The Hall–Kier alpha value is -3.86. The summed E-state index contributed by atoms with van der Waals surface area (Å²) >= 11 is 0. The van der Waals surface area contributed by atoms with Crippen LogP contribution in [0.25, 0.3) is 6.08 Å². The highest BCUT2D eigenvalue weighted by Gasteiger charge is 2.23. The average molecular weight is 468 g/mol. The summed E-state index contributed by atoms with van der Waals surface area (Å²) in [4.78, 5) is 29.4. The molecule has 0 bridgehead atoms. The van der Waals surface area contributed by atoms with E-state index in [4.69, 9.17) is 0 Å². The maximum absolute atomic E-state index is 12.9. The van der Waals surface area contributed by atoms with E-state index in [2.05, 4.69) is 36.2 Å². The summed E-state index contributed by atoms with van der Waals surface area (Å²) in [6.45, 7) is 9.24. The minimum Gasteiger partial charge on any atom is -0.368 e. The number of carbonyl (C=O) groups excluding carboxylic acids is 2. The summed E-state index contributed by atoms with van der Waals surface area (Å²) in [5.74, 6) is 0.433. The zero-order valence-electron chi connectivity index (χ0n) is 20.7. The van der Waals surface area contributed by atoms with Gasteiger partial charge in [-0.15, -0.1) is 0 Å². The van der Waals surface area contributed by atoms with E-state index in [0.717, 1.165) is 41.2 Å². The summed E-state index contributed by atoms with van der Waals surface area (Å²) in [5, 5.41) is 2.92. The Bertz CT molecular complexity index is 1190. The topological polar surface area (TPSA) is 52.7 Å². The summed E-state index contributed by atoms with van der Waals surface area (Å²) < 4.78 is 0. The molecule has 4 rings (SSSR count). The lowest BCUT2D eigenvalue weighted by atomic mass is 10.0. The van der Waals surface area contributed by atoms with Crippen molar-refractivity contribution in [2.45, 2.75) is 26.7 Å². The molecule has 35 heavy (non-hydrogen) atoms. The van der Waals surface area contributed by atoms with Crippen LogP contribution < -0.4 is 10.2 Å². The fraction of sp³-hybridized carbons (Fsp3) is 0.267. The lowest BCUT2D eigenvalue weighted by Gasteiger charge is -2.36. The van der Waals surface area contributed by atoms with Gasteiger partial charge >= 0.3 is 0 Å². The van der Waals surface area contributed by atoms with Gasteiger partial charge < -0.3 is 15.1 Å². The summed E-state index contributed by atoms with van der Waals surface area (Å²) in [6, 6.07) is 23.9. The van der Waals surface area contributed by atoms with Crippen molar-refractivity contribution in [3.8, 4) is 0 Å². The maximum atomic E-state index is 12.9. The maximum Gasteiger partial charge on any atom is 0.254 e. The third kappa shape index (κ3) is 6.18. The first-order valence-electron chi connectivity index (χ1n) is 12.2. The number of rotatable bonds is 6. The van der Waals surface area contributed by atoms with Crippen molar-refractivity contribution in [2.24, 2.45) is 0 Å². The van der Waals surface area contributed by atoms with Crippen LogP contribution in [0.5, 0.6) is 0 Å². The number of hydrogen-bond acceptors (Lipinski definition) is 3. The van der Waals surface area contributed by atoms with E-state index >= 15 is 0 Å². The third-order valence-corrected chi connectivity index (χ3v) is 6.47. The van der Waals surface area contributed by atoms with E-state index in [0.29, 0.717) is 19.0 Å². The van der Waals surface area contributed by atoms with Crippen LogP contribution in [0.15, 0.2) is 78.9 Å². The lowest BCUT2D eigenvalue weighted by molar-refractivity contribution is -0.111. The highest BCUT2D eigenvalue weighted by Crippen LogP contribution is 2.21. The highest BCUT2D eigenvalue weighted by molar-refractivity contribution is 6.02. The zero-order chi connectivity index (χ0) is 24.8. The van der Waals surface area contributed by atoms with Gasteiger partial charge in [0.15, 0.2) is 0 Å². The summed E-state index contributed by atoms with van der Waals surface area (Å²) in [7, 11) is 0. The first-order chi connectivity index (χ1) is 16.9. The molecule has 1 aliphatic rings. The molecule has 0 radical (unpaired) electrons. The Kier molecular flexibility index (Phi) is 7.66. The van der Waals surface area contributed by atoms with E-state index in [9.17, 15) is 9.59 Å². The van der Waals surface area contributed by atoms with Crippen molar-refractivity contribution in [1.29, 1.82) is 0 Å². The number of carbonyl (C=O) groups is 2. The van der Waals surface area contributed by atoms with Gasteiger partial charge in [0, 0.05) is 49.2 Å². The molecular formula is C30H33N3O2. The van der Waals surface area contributed by atoms with Crippen molar-refractivity contribution < 1.29 is 9.59 Å². The Balaban J connectivity index is 1.28. The zero-order valence-corrected chi connectivity index (χ0v) is 20.7. The molecule has 1 fully saturated rings. The molecule has 0 spiro atoms. The average Bonchev–Trinajstić information content (AvgIpc) is 2.88. The number of nitrogens with one attached hydrogen (secondary N) is 1. The molecule has 1 saturated heterocycles. The van der Waals surface area contributed by atoms with Gasteiger partial charge in [-0.2, -0.15) is 0 Å². The van der Waals surface area contributed by atoms with E-state index in [-0.39, 0.29) is 11.8 Å². The van der Waals surface area contributed by atoms with Crippen molar-refractivity contribution in [2.75, 3.05) is 36.4 Å². The Morgan fingerprint density at radius 1 is 0.857 bits per heavy atom. The molecule has 5 heteroatoms. The van der Waals surface area contributed by atoms with Crippen LogP contribution in [0, 0.1) is 6.92 Å². The van der Waals surface area contributed by atoms with Crippen LogP contribution in [0.4, 0.5) is 11.4 Å². The van der Waals surface area contributed by atoms with E-state index in [1.165, 1.54) is 5.56 Å². The Morgan fingerprint density at radius 3 is 2.14 bits per heavy atom. The van der Waals surface area contributed by atoms with Crippen LogP contribution in [0.2, 0.25) is 0 Å². The van der Waals surface area contributed by atoms with E-state index in [1.54, 1.807) is 6.08 Å². The highest BCUT2D eigenvalue weighted by atomic mass is 16.2. The van der Waals surface area contributed by atoms with Crippen LogP contribution in [0.1, 0.15) is 46.8 Å². The van der Waals surface area contributed by atoms with Crippen LogP contribution >= 0.6 is 0 Å². The summed E-state index contributed by atoms with van der Waals surface area (Å²) in [6.07, 6.45) is 3.38. The number of hydrogen-bond donors (Lipinski definition) is 1. The SMILES string of the molecule is Cc1ccccc1C(=O)N1CCN(c2ccc(NC(=O)C=Cc3ccc(C(C)C)cc3)cc2)CC1. The lowest BCUT2D eigenvalue weighted by Crippen LogP contribution is -2.48. The van der Waals surface area contributed by atoms with Gasteiger partial charge in [-0.05, 0) is 65.9 Å². The van der Waals surface area contributed by atoms with Gasteiger partial charge in [-0.1, -0.05) is 56.3 Å². The molecule has 1 heterocycles. The second-order valence-corrected chi connectivity index (χ2v) is 9.28. The molecule has 180 valence electrons. The predicted molar refractivity (Wildman–Crippen MR) is 144 cm³/mol. The first kappa shape index (κ1) is 24.3. The normalized spacial score (nSPS) is 13.9. The second-order valence-electron chi connectivity index (χ2n) is 9.28. The molecule has 0 unspecified atom stereocenters. The molecule has 1 N–H and O–H groups in total. The van der Waals surface area contributed by atoms with Crippen molar-refractivity contribution in [3.05, 3.63) is 101 Å². The van der Waals surface area contributed by atoms with E-state index in [1.807, 2.05) is 78.6 Å². The molecule has 0 saturated carbocycles. The standard InChI is InChI=1S/C30H33N3O2/c1-22(2)25-11-8-24(9-12-25)10-17-29(34)31-26-13-15-27(16-14-26)32-18-20-33(21-19-32)30(35)28-7-5-4-6-23(28)3/h4-17,22H,18-21H2,1-3H3,(H,31,34). The van der Waals surface area contributed by atoms with Gasteiger partial charge in [0.05, 0.1) is 0 Å². The molecule has 1 aliphatic heterocycles. The van der Waals surface area contributed by atoms with Crippen molar-refractivity contribution in [1.82, 2.24) is 4.90 Å². The minimum atomic E-state index is -0.158. The van der Waals surface area contributed by atoms with Gasteiger partial charge in [-0.3, -0.25) is 9.59 Å². The molecule has 0 atom stereocenters. The number of amides is 2. The second kappa shape index (κ2) is 11.0. The molecular weight excluding hydrogens is 434 g/mol. The summed E-state index contributed by atoms with van der Waals surface area (Å²) in [5.41, 5.74) is 5.92. The minimum absolute atomic E-state index is 0.102. The monoisotopic (exact) mass is 467 g/mol. The van der Waals surface area contributed by atoms with Crippen molar-refractivity contribution in [3.63, 3.8) is 0 Å². The van der Waals surface area contributed by atoms with Crippen molar-refractivity contribution >= 4 is 29.3 Å². The third-order valence-electron chi connectivity index (χ3n) is 6.47. The first-order valence-corrected chi connectivity index (χ1v) is 12.2. The Labute approximate surface area is 208 Å². The Morgan fingerprint density at radius 2 is 1.51 bits per heavy atom. The molecule has 3 aromatic carbocycles. The number of piperazine rings is 1. The fourth-order valence-corrected chi connectivity index (χ4v) is 4.25.